The van der Waals surface area contributed by atoms with Crippen molar-refractivity contribution in [3.8, 4) is 12.1 Å². The van der Waals surface area contributed by atoms with E-state index in [1.807, 2.05) is 6.20 Å². The molecule has 29 heavy (non-hydrogen) atoms. The Bertz CT molecular complexity index is 951. The number of aryl methyl sites for hydroxylation is 1. The van der Waals surface area contributed by atoms with E-state index in [4.69, 9.17) is 9.72 Å². The topological polar surface area (TPSA) is 97.9 Å². The molecule has 0 radical (unpaired) electrons. The Morgan fingerprint density at radius 1 is 1.07 bits per heavy atom. The van der Waals surface area contributed by atoms with Crippen LogP contribution < -0.4 is 10.2 Å². The Morgan fingerprint density at radius 2 is 1.83 bits per heavy atom. The minimum atomic E-state index is 0.366. The summed E-state index contributed by atoms with van der Waals surface area (Å²) < 4.78 is 5.40. The third kappa shape index (κ3) is 4.34. The van der Waals surface area contributed by atoms with Gasteiger partial charge >= 0.3 is 0 Å². The van der Waals surface area contributed by atoms with Crippen molar-refractivity contribution in [3.05, 3.63) is 33.5 Å². The van der Waals surface area contributed by atoms with Gasteiger partial charge in [-0.3, -0.25) is 0 Å². The van der Waals surface area contributed by atoms with Crippen molar-refractivity contribution in [1.29, 1.82) is 10.5 Å². The number of fused-ring (bicyclic) bond motifs is 1. The van der Waals surface area contributed by atoms with Crippen LogP contribution in [0.3, 0.4) is 0 Å². The molecule has 3 heterocycles. The lowest BCUT2D eigenvalue weighted by atomic mass is 9.92. The first-order chi connectivity index (χ1) is 14.3. The minimum absolute atomic E-state index is 0.366. The lowest BCUT2D eigenvalue weighted by Crippen LogP contribution is -2.36. The van der Waals surface area contributed by atoms with Gasteiger partial charge in [-0.25, -0.2) is 9.97 Å². The number of hydrogen-bond donors (Lipinski definition) is 1. The predicted octanol–water partition coefficient (Wildman–Crippen LogP) is 3.39. The average Bonchev–Trinajstić information content (AvgIpc) is 3.22. The standard InChI is InChI=1S/C21H24N6OS/c22-11-17-16-5-3-1-2-4-6-19(16)26-20(18(17)12-23)24-13-15-14-25-21(29-15)27-7-9-28-10-8-27/h14H,1-10,13H2,(H,24,26). The number of nitriles is 2. The fourth-order valence-corrected chi connectivity index (χ4v) is 4.81. The van der Waals surface area contributed by atoms with E-state index in [9.17, 15) is 10.5 Å². The molecule has 7 nitrogen and oxygen atoms in total. The Labute approximate surface area is 175 Å². The maximum absolute atomic E-state index is 9.74. The van der Waals surface area contributed by atoms with Crippen molar-refractivity contribution in [2.45, 2.75) is 45.1 Å². The molecule has 4 rings (SSSR count). The fraction of sp³-hybridized carbons (Fsp3) is 0.524. The van der Waals surface area contributed by atoms with Crippen LogP contribution in [0.5, 0.6) is 0 Å². The van der Waals surface area contributed by atoms with E-state index in [1.165, 1.54) is 12.8 Å². The maximum Gasteiger partial charge on any atom is 0.185 e. The van der Waals surface area contributed by atoms with Crippen LogP contribution in [0.4, 0.5) is 10.9 Å². The molecule has 2 aromatic heterocycles. The molecule has 0 spiro atoms. The van der Waals surface area contributed by atoms with E-state index in [1.54, 1.807) is 11.3 Å². The third-order valence-electron chi connectivity index (χ3n) is 5.45. The van der Waals surface area contributed by atoms with Gasteiger partial charge in [0.1, 0.15) is 23.5 Å². The normalized spacial score (nSPS) is 16.8. The SMILES string of the molecule is N#Cc1c(NCc2cnc(N3CCOCC3)s2)nc2c(c1C#N)CCCCCC2. The van der Waals surface area contributed by atoms with Gasteiger partial charge in [-0.2, -0.15) is 10.5 Å². The lowest BCUT2D eigenvalue weighted by molar-refractivity contribution is 0.122. The highest BCUT2D eigenvalue weighted by atomic mass is 32.1. The van der Waals surface area contributed by atoms with E-state index in [2.05, 4.69) is 27.3 Å². The van der Waals surface area contributed by atoms with Gasteiger partial charge in [0.15, 0.2) is 5.13 Å². The molecule has 0 bridgehead atoms. The van der Waals surface area contributed by atoms with Crippen molar-refractivity contribution in [2.75, 3.05) is 36.5 Å². The van der Waals surface area contributed by atoms with E-state index >= 15 is 0 Å². The lowest BCUT2D eigenvalue weighted by Gasteiger charge is -2.25. The summed E-state index contributed by atoms with van der Waals surface area (Å²) >= 11 is 1.64. The smallest absolute Gasteiger partial charge is 0.185 e. The van der Waals surface area contributed by atoms with Crippen LogP contribution in [0, 0.1) is 22.7 Å². The molecular formula is C21H24N6OS. The average molecular weight is 409 g/mol. The number of ether oxygens (including phenoxy) is 1. The summed E-state index contributed by atoms with van der Waals surface area (Å²) in [6.45, 7) is 3.71. The first kappa shape index (κ1) is 19.6. The number of anilines is 2. The van der Waals surface area contributed by atoms with Crippen LogP contribution in [0.1, 0.15) is 52.9 Å². The molecule has 1 aliphatic carbocycles. The Hall–Kier alpha value is -2.68. The van der Waals surface area contributed by atoms with Gasteiger partial charge in [-0.1, -0.05) is 12.8 Å². The number of pyridine rings is 1. The number of hydrogen-bond acceptors (Lipinski definition) is 8. The molecule has 1 N–H and O–H groups in total. The highest BCUT2D eigenvalue weighted by Crippen LogP contribution is 2.29. The summed E-state index contributed by atoms with van der Waals surface area (Å²) in [5.74, 6) is 0.518. The molecule has 1 aliphatic heterocycles. The molecular weight excluding hydrogens is 384 g/mol. The molecule has 0 atom stereocenters. The molecule has 150 valence electrons. The zero-order valence-corrected chi connectivity index (χ0v) is 17.2. The molecule has 0 saturated carbocycles. The van der Waals surface area contributed by atoms with Crippen LogP contribution in [-0.4, -0.2) is 36.3 Å². The van der Waals surface area contributed by atoms with Gasteiger partial charge in [-0.15, -0.1) is 11.3 Å². The number of nitrogens with one attached hydrogen (secondary N) is 1. The van der Waals surface area contributed by atoms with E-state index in [-0.39, 0.29) is 0 Å². The van der Waals surface area contributed by atoms with Crippen molar-refractivity contribution in [1.82, 2.24) is 9.97 Å². The third-order valence-corrected chi connectivity index (χ3v) is 6.51. The van der Waals surface area contributed by atoms with E-state index in [0.717, 1.165) is 73.3 Å². The summed E-state index contributed by atoms with van der Waals surface area (Å²) in [6.07, 6.45) is 8.05. The Balaban J connectivity index is 1.55. The fourth-order valence-electron chi connectivity index (χ4n) is 3.91. The second-order valence-corrected chi connectivity index (χ2v) is 8.43. The second kappa shape index (κ2) is 9.21. The highest BCUT2D eigenvalue weighted by molar-refractivity contribution is 7.15. The monoisotopic (exact) mass is 408 g/mol. The maximum atomic E-state index is 9.74. The van der Waals surface area contributed by atoms with Gasteiger partial charge < -0.3 is 15.0 Å². The number of rotatable bonds is 4. The van der Waals surface area contributed by atoms with Gasteiger partial charge in [0, 0.05) is 29.9 Å². The molecule has 8 heteroatoms. The van der Waals surface area contributed by atoms with Crippen LogP contribution in [0.2, 0.25) is 0 Å². The second-order valence-electron chi connectivity index (χ2n) is 7.34. The number of nitrogens with zero attached hydrogens (tertiary/aromatic N) is 5. The molecule has 0 aromatic carbocycles. The van der Waals surface area contributed by atoms with Crippen LogP contribution in [-0.2, 0) is 24.1 Å². The molecule has 1 fully saturated rings. The molecule has 2 aromatic rings. The quantitative estimate of drug-likeness (QED) is 0.828. The van der Waals surface area contributed by atoms with Crippen molar-refractivity contribution >= 4 is 22.3 Å². The molecule has 1 saturated heterocycles. The molecule has 0 unspecified atom stereocenters. The zero-order valence-electron chi connectivity index (χ0n) is 16.4. The zero-order chi connectivity index (χ0) is 20.1. The van der Waals surface area contributed by atoms with Crippen molar-refractivity contribution in [2.24, 2.45) is 0 Å². The minimum Gasteiger partial charge on any atom is -0.378 e. The van der Waals surface area contributed by atoms with Gasteiger partial charge in [0.2, 0.25) is 0 Å². The summed E-state index contributed by atoms with van der Waals surface area (Å²) in [5.41, 5.74) is 2.81. The van der Waals surface area contributed by atoms with Gasteiger partial charge in [-0.05, 0) is 31.2 Å². The van der Waals surface area contributed by atoms with Crippen molar-refractivity contribution in [3.63, 3.8) is 0 Å². The van der Waals surface area contributed by atoms with Crippen molar-refractivity contribution < 1.29 is 4.74 Å². The first-order valence-corrected chi connectivity index (χ1v) is 11.0. The Kier molecular flexibility index (Phi) is 6.24. The summed E-state index contributed by atoms with van der Waals surface area (Å²) in [7, 11) is 0. The highest BCUT2D eigenvalue weighted by Gasteiger charge is 2.21. The van der Waals surface area contributed by atoms with E-state index < -0.39 is 0 Å². The van der Waals surface area contributed by atoms with Crippen LogP contribution in [0.15, 0.2) is 6.20 Å². The summed E-state index contributed by atoms with van der Waals surface area (Å²) in [4.78, 5) is 12.6. The summed E-state index contributed by atoms with van der Waals surface area (Å²) in [5, 5.41) is 23.8. The number of morpholine rings is 1. The Morgan fingerprint density at radius 3 is 2.59 bits per heavy atom. The van der Waals surface area contributed by atoms with Gasteiger partial charge in [0.25, 0.3) is 0 Å². The first-order valence-electron chi connectivity index (χ1n) is 10.2. The largest absolute Gasteiger partial charge is 0.378 e. The summed E-state index contributed by atoms with van der Waals surface area (Å²) in [6, 6.07) is 4.49. The molecule has 0 amide bonds. The van der Waals surface area contributed by atoms with Crippen LogP contribution in [0.25, 0.3) is 0 Å². The number of aromatic nitrogens is 2. The van der Waals surface area contributed by atoms with E-state index in [0.29, 0.717) is 23.5 Å². The van der Waals surface area contributed by atoms with Gasteiger partial charge in [0.05, 0.1) is 25.3 Å². The number of thiazole rings is 1. The van der Waals surface area contributed by atoms with Crippen LogP contribution >= 0.6 is 11.3 Å². The predicted molar refractivity (Wildman–Crippen MR) is 112 cm³/mol. The molecule has 2 aliphatic rings.